The first-order chi connectivity index (χ1) is 15.3. The van der Waals surface area contributed by atoms with Gasteiger partial charge in [0.1, 0.15) is 23.8 Å². The molecule has 2 heterocycles. The number of carbonyl (C=O) groups is 2. The Morgan fingerprint density at radius 3 is 2.62 bits per heavy atom. The monoisotopic (exact) mass is 461 g/mol. The summed E-state index contributed by atoms with van der Waals surface area (Å²) < 4.78 is 20.1. The zero-order valence-corrected chi connectivity index (χ0v) is 18.4. The van der Waals surface area contributed by atoms with E-state index in [9.17, 15) is 14.0 Å². The molecule has 10 heteroatoms. The van der Waals surface area contributed by atoms with Crippen molar-refractivity contribution in [1.29, 1.82) is 0 Å². The highest BCUT2D eigenvalue weighted by molar-refractivity contribution is 6.31. The molecule has 1 aromatic carbocycles. The summed E-state index contributed by atoms with van der Waals surface area (Å²) in [6.07, 6.45) is 3.51. The lowest BCUT2D eigenvalue weighted by Crippen LogP contribution is -2.34. The number of carbonyl (C=O) groups excluding carboxylic acids is 2. The third kappa shape index (κ3) is 3.58. The van der Waals surface area contributed by atoms with Crippen LogP contribution in [0.15, 0.2) is 18.2 Å². The van der Waals surface area contributed by atoms with Gasteiger partial charge < -0.3 is 20.7 Å². The topological polar surface area (TPSA) is 102 Å². The molecule has 2 amide bonds. The van der Waals surface area contributed by atoms with Gasteiger partial charge >= 0.3 is 6.09 Å². The standard InChI is InChI=1S/C22H25ClFN5O3/c1-28-20(25)18(21(30)26-14-2-3-17(24)16(23)10-14)19(27-28)13-6-11-8-15(9-12(11)7-13)29-4-5-32-22(29)31/h2-3,10-13,15H,4-9,25H2,1H3,(H,26,30). The van der Waals surface area contributed by atoms with Gasteiger partial charge in [0.05, 0.1) is 17.3 Å². The first-order valence-electron chi connectivity index (χ1n) is 10.8. The maximum atomic E-state index is 13.4. The van der Waals surface area contributed by atoms with Crippen LogP contribution in [-0.4, -0.2) is 45.9 Å². The molecule has 3 aliphatic rings. The number of halogens is 2. The number of cyclic esters (lactones) is 1. The van der Waals surface area contributed by atoms with Gasteiger partial charge in [-0.3, -0.25) is 9.48 Å². The molecule has 3 N–H and O–H groups in total. The van der Waals surface area contributed by atoms with Crippen LogP contribution in [0.3, 0.4) is 0 Å². The first-order valence-corrected chi connectivity index (χ1v) is 11.2. The lowest BCUT2D eigenvalue weighted by molar-refractivity contribution is 0.102. The van der Waals surface area contributed by atoms with E-state index in [1.807, 2.05) is 4.90 Å². The molecule has 2 atom stereocenters. The van der Waals surface area contributed by atoms with E-state index in [1.54, 1.807) is 7.05 Å². The highest BCUT2D eigenvalue weighted by Crippen LogP contribution is 2.52. The molecule has 3 fully saturated rings. The Morgan fingerprint density at radius 1 is 1.28 bits per heavy atom. The predicted molar refractivity (Wildman–Crippen MR) is 117 cm³/mol. The zero-order chi connectivity index (χ0) is 22.6. The molecule has 5 rings (SSSR count). The van der Waals surface area contributed by atoms with Gasteiger partial charge in [-0.05, 0) is 55.7 Å². The second kappa shape index (κ2) is 7.95. The normalized spacial score (nSPS) is 27.0. The Morgan fingerprint density at radius 2 is 2.00 bits per heavy atom. The average Bonchev–Trinajstić information content (AvgIpc) is 3.48. The number of benzene rings is 1. The number of ether oxygens (including phenoxy) is 1. The van der Waals surface area contributed by atoms with Crippen molar-refractivity contribution in [2.45, 2.75) is 37.6 Å². The highest BCUT2D eigenvalue weighted by Gasteiger charge is 2.47. The minimum absolute atomic E-state index is 0.0674. The Hall–Kier alpha value is -2.81. The molecule has 1 aromatic heterocycles. The number of aromatic nitrogens is 2. The van der Waals surface area contributed by atoms with Crippen LogP contribution in [0.2, 0.25) is 5.02 Å². The van der Waals surface area contributed by atoms with Gasteiger partial charge in [0.25, 0.3) is 5.91 Å². The molecule has 2 aliphatic carbocycles. The molecule has 1 aliphatic heterocycles. The van der Waals surface area contributed by atoms with E-state index in [0.717, 1.165) is 25.7 Å². The maximum absolute atomic E-state index is 13.4. The third-order valence-corrected chi connectivity index (χ3v) is 7.42. The van der Waals surface area contributed by atoms with E-state index in [2.05, 4.69) is 10.4 Å². The van der Waals surface area contributed by atoms with Crippen LogP contribution >= 0.6 is 11.6 Å². The summed E-state index contributed by atoms with van der Waals surface area (Å²) in [6, 6.07) is 4.26. The molecule has 32 heavy (non-hydrogen) atoms. The Balaban J connectivity index is 1.32. The quantitative estimate of drug-likeness (QED) is 0.721. The van der Waals surface area contributed by atoms with Crippen LogP contribution in [0.4, 0.5) is 20.7 Å². The summed E-state index contributed by atoms with van der Waals surface area (Å²) in [4.78, 5) is 26.9. The summed E-state index contributed by atoms with van der Waals surface area (Å²) in [5.74, 6) is 0.437. The lowest BCUT2D eigenvalue weighted by atomic mass is 9.95. The number of fused-ring (bicyclic) bond motifs is 1. The molecular weight excluding hydrogens is 437 g/mol. The lowest BCUT2D eigenvalue weighted by Gasteiger charge is -2.22. The number of anilines is 2. The molecule has 2 unspecified atom stereocenters. The number of rotatable bonds is 4. The molecule has 0 radical (unpaired) electrons. The van der Waals surface area contributed by atoms with Crippen molar-refractivity contribution in [3.8, 4) is 0 Å². The Kier molecular flexibility index (Phi) is 5.23. The summed E-state index contributed by atoms with van der Waals surface area (Å²) >= 11 is 5.84. The van der Waals surface area contributed by atoms with Gasteiger partial charge in [0.15, 0.2) is 0 Å². The minimum Gasteiger partial charge on any atom is -0.448 e. The second-order valence-corrected chi connectivity index (χ2v) is 9.38. The number of hydrogen-bond donors (Lipinski definition) is 2. The van der Waals surface area contributed by atoms with Crippen molar-refractivity contribution in [1.82, 2.24) is 14.7 Å². The van der Waals surface area contributed by atoms with Crippen LogP contribution in [0.5, 0.6) is 0 Å². The van der Waals surface area contributed by atoms with E-state index < -0.39 is 5.82 Å². The van der Waals surface area contributed by atoms with Gasteiger partial charge in [-0.15, -0.1) is 0 Å². The van der Waals surface area contributed by atoms with E-state index in [-0.39, 0.29) is 29.0 Å². The van der Waals surface area contributed by atoms with Crippen LogP contribution in [0.25, 0.3) is 0 Å². The first kappa shape index (κ1) is 21.1. The fraction of sp³-hybridized carbons (Fsp3) is 0.500. The van der Waals surface area contributed by atoms with Gasteiger partial charge in [0.2, 0.25) is 0 Å². The van der Waals surface area contributed by atoms with Gasteiger partial charge in [0, 0.05) is 24.7 Å². The summed E-state index contributed by atoms with van der Waals surface area (Å²) in [6.45, 7) is 1.14. The van der Waals surface area contributed by atoms with E-state index >= 15 is 0 Å². The number of nitrogens with zero attached hydrogens (tertiary/aromatic N) is 3. The van der Waals surface area contributed by atoms with Crippen molar-refractivity contribution in [3.05, 3.63) is 40.3 Å². The number of amides is 2. The van der Waals surface area contributed by atoms with Crippen LogP contribution < -0.4 is 11.1 Å². The fourth-order valence-electron chi connectivity index (χ4n) is 5.64. The van der Waals surface area contributed by atoms with Crippen molar-refractivity contribution in [2.24, 2.45) is 18.9 Å². The zero-order valence-electron chi connectivity index (χ0n) is 17.7. The maximum Gasteiger partial charge on any atom is 0.410 e. The molecule has 0 bridgehead atoms. The highest BCUT2D eigenvalue weighted by atomic mass is 35.5. The SMILES string of the molecule is Cn1nc(C2CC3CC(N4CCOC4=O)CC3C2)c(C(=O)Nc2ccc(F)c(Cl)c2)c1N. The van der Waals surface area contributed by atoms with E-state index in [0.29, 0.717) is 47.8 Å². The Bertz CT molecular complexity index is 1080. The van der Waals surface area contributed by atoms with Crippen molar-refractivity contribution in [3.63, 3.8) is 0 Å². The Labute approximate surface area is 189 Å². The molecule has 1 saturated heterocycles. The van der Waals surface area contributed by atoms with Crippen LogP contribution in [-0.2, 0) is 11.8 Å². The van der Waals surface area contributed by atoms with Crippen LogP contribution in [0.1, 0.15) is 47.7 Å². The molecule has 170 valence electrons. The van der Waals surface area contributed by atoms with E-state index in [4.69, 9.17) is 22.1 Å². The van der Waals surface area contributed by atoms with Crippen molar-refractivity contribution < 1.29 is 18.7 Å². The smallest absolute Gasteiger partial charge is 0.410 e. The number of nitrogens with two attached hydrogens (primary N) is 1. The number of nitrogen functional groups attached to an aromatic ring is 1. The molecule has 0 spiro atoms. The minimum atomic E-state index is -0.552. The average molecular weight is 462 g/mol. The number of nitrogens with one attached hydrogen (secondary N) is 1. The third-order valence-electron chi connectivity index (χ3n) is 7.13. The van der Waals surface area contributed by atoms with Crippen LogP contribution in [0, 0.1) is 17.7 Å². The predicted octanol–water partition coefficient (Wildman–Crippen LogP) is 3.77. The largest absolute Gasteiger partial charge is 0.448 e. The molecule has 8 nitrogen and oxygen atoms in total. The fourth-order valence-corrected chi connectivity index (χ4v) is 5.82. The molecule has 2 saturated carbocycles. The molecule has 2 aromatic rings. The summed E-state index contributed by atoms with van der Waals surface area (Å²) in [5, 5.41) is 7.28. The number of aryl methyl sites for hydroxylation is 1. The van der Waals surface area contributed by atoms with Crippen molar-refractivity contribution >= 4 is 35.1 Å². The second-order valence-electron chi connectivity index (χ2n) is 8.97. The summed E-state index contributed by atoms with van der Waals surface area (Å²) in [7, 11) is 1.72. The molecular formula is C22H25ClFN5O3. The van der Waals surface area contributed by atoms with Gasteiger partial charge in [-0.25, -0.2) is 9.18 Å². The van der Waals surface area contributed by atoms with E-state index in [1.165, 1.54) is 22.9 Å². The van der Waals surface area contributed by atoms with Gasteiger partial charge in [-0.1, -0.05) is 11.6 Å². The van der Waals surface area contributed by atoms with Gasteiger partial charge in [-0.2, -0.15) is 5.10 Å². The summed E-state index contributed by atoms with van der Waals surface area (Å²) in [5.41, 5.74) is 7.65. The van der Waals surface area contributed by atoms with Crippen molar-refractivity contribution in [2.75, 3.05) is 24.2 Å². The number of hydrogen-bond acceptors (Lipinski definition) is 5.